The summed E-state index contributed by atoms with van der Waals surface area (Å²) in [6.45, 7) is 8.10. The largest absolute Gasteiger partial charge is 0.504 e. The number of aromatic hydroxyl groups is 3. The molecular weight excluding hydrogens is 701 g/mol. The number of piperazine rings is 1. The molecule has 1 aliphatic rings. The number of aryl methyl sites for hydroxylation is 1. The molecular formula is C35H38IN3O7. The molecule has 10 nitrogen and oxygen atoms in total. The summed E-state index contributed by atoms with van der Waals surface area (Å²) in [5.74, 6) is -2.32. The average Bonchev–Trinajstić information content (AvgIpc) is 3.04. The quantitative estimate of drug-likeness (QED) is 0.111. The highest BCUT2D eigenvalue weighted by Crippen LogP contribution is 2.45. The number of nitrogens with one attached hydrogen (secondary N) is 1. The molecule has 1 aromatic heterocycles. The molecule has 1 aliphatic heterocycles. The standard InChI is InChI=1S/C35H38IN3O7/c1-19(2)18-24-29(40)32(43)31(42)26-30(41)25(20(3)46-33(24)26)21-10-12-23(13-11-21)34(44)37-28(27(36)22-8-6-5-7-9-22)35(45)39-16-14-38(4)15-17-39/h5-13,19,27-28,40,42-43H,14-18H2,1-4H3,(H,37,44). The van der Waals surface area contributed by atoms with E-state index in [9.17, 15) is 29.7 Å². The number of phenolic OH excluding ortho intramolecular Hbond substituents is 3. The number of likely N-dealkylation sites (N-methyl/N-ethyl adjacent to an activating group) is 1. The van der Waals surface area contributed by atoms with Crippen LogP contribution in [0.5, 0.6) is 17.2 Å². The molecule has 0 radical (unpaired) electrons. The van der Waals surface area contributed by atoms with Crippen molar-refractivity contribution in [3.63, 3.8) is 0 Å². The number of phenols is 3. The van der Waals surface area contributed by atoms with E-state index in [1.165, 1.54) is 0 Å². The Morgan fingerprint density at radius 1 is 0.935 bits per heavy atom. The van der Waals surface area contributed by atoms with Crippen LogP contribution in [-0.2, 0) is 11.2 Å². The fourth-order valence-electron chi connectivity index (χ4n) is 5.81. The Labute approximate surface area is 280 Å². The Morgan fingerprint density at radius 2 is 1.57 bits per heavy atom. The number of amides is 2. The van der Waals surface area contributed by atoms with Crippen LogP contribution in [-0.4, -0.2) is 76.2 Å². The van der Waals surface area contributed by atoms with Crippen molar-refractivity contribution in [2.75, 3.05) is 33.2 Å². The highest BCUT2D eigenvalue weighted by molar-refractivity contribution is 14.1. The van der Waals surface area contributed by atoms with E-state index in [0.29, 0.717) is 30.6 Å². The summed E-state index contributed by atoms with van der Waals surface area (Å²) < 4.78 is 5.69. The Morgan fingerprint density at radius 3 is 2.17 bits per heavy atom. The molecule has 5 rings (SSSR count). The third-order valence-corrected chi connectivity index (χ3v) is 9.80. The molecule has 0 spiro atoms. The maximum Gasteiger partial charge on any atom is 0.251 e. The first-order valence-electron chi connectivity index (χ1n) is 15.2. The molecule has 4 N–H and O–H groups in total. The van der Waals surface area contributed by atoms with Gasteiger partial charge in [-0.2, -0.15) is 0 Å². The lowest BCUT2D eigenvalue weighted by atomic mass is 9.95. The molecule has 0 bridgehead atoms. The number of hydrogen-bond donors (Lipinski definition) is 4. The Hall–Kier alpha value is -4.10. The van der Waals surface area contributed by atoms with Crippen molar-refractivity contribution < 1.29 is 29.3 Å². The van der Waals surface area contributed by atoms with E-state index in [1.807, 2.05) is 51.2 Å². The van der Waals surface area contributed by atoms with Crippen LogP contribution in [0, 0.1) is 12.8 Å². The fourth-order valence-corrected chi connectivity index (χ4v) is 6.71. The maximum absolute atomic E-state index is 13.8. The molecule has 0 aliphatic carbocycles. The molecule has 242 valence electrons. The summed E-state index contributed by atoms with van der Waals surface area (Å²) in [6.07, 6.45) is 0.308. The average molecular weight is 740 g/mol. The minimum absolute atomic E-state index is 0.0200. The van der Waals surface area contributed by atoms with Gasteiger partial charge in [-0.3, -0.25) is 14.4 Å². The van der Waals surface area contributed by atoms with E-state index in [1.54, 1.807) is 36.1 Å². The number of carbonyl (C=O) groups excluding carboxylic acids is 2. The van der Waals surface area contributed by atoms with Crippen LogP contribution < -0.4 is 10.7 Å². The zero-order chi connectivity index (χ0) is 33.3. The van der Waals surface area contributed by atoms with Gasteiger partial charge in [-0.15, -0.1) is 0 Å². The van der Waals surface area contributed by atoms with E-state index in [0.717, 1.165) is 18.7 Å². The Bertz CT molecular complexity index is 1810. The van der Waals surface area contributed by atoms with Crippen molar-refractivity contribution in [3.8, 4) is 28.4 Å². The van der Waals surface area contributed by atoms with Crippen molar-refractivity contribution in [2.45, 2.75) is 37.2 Å². The van der Waals surface area contributed by atoms with E-state index in [4.69, 9.17) is 4.42 Å². The van der Waals surface area contributed by atoms with Crippen molar-refractivity contribution in [3.05, 3.63) is 87.3 Å². The smallest absolute Gasteiger partial charge is 0.251 e. The van der Waals surface area contributed by atoms with Crippen LogP contribution in [0.25, 0.3) is 22.1 Å². The summed E-state index contributed by atoms with van der Waals surface area (Å²) in [4.78, 5) is 45.0. The molecule has 2 atom stereocenters. The zero-order valence-electron chi connectivity index (χ0n) is 26.2. The molecule has 2 unspecified atom stereocenters. The summed E-state index contributed by atoms with van der Waals surface area (Å²) in [6, 6.07) is 15.1. The third kappa shape index (κ3) is 6.57. The first kappa shape index (κ1) is 33.3. The lowest BCUT2D eigenvalue weighted by molar-refractivity contribution is -0.134. The molecule has 2 heterocycles. The van der Waals surface area contributed by atoms with Crippen molar-refractivity contribution in [1.29, 1.82) is 0 Å². The van der Waals surface area contributed by atoms with Gasteiger partial charge >= 0.3 is 0 Å². The maximum atomic E-state index is 13.8. The summed E-state index contributed by atoms with van der Waals surface area (Å²) >= 11 is 2.21. The number of fused-ring (bicyclic) bond motifs is 1. The fraction of sp³-hybridized carbons (Fsp3) is 0.343. The van der Waals surface area contributed by atoms with Gasteiger partial charge in [0.25, 0.3) is 5.91 Å². The van der Waals surface area contributed by atoms with E-state index in [2.05, 4.69) is 32.8 Å². The topological polar surface area (TPSA) is 144 Å². The van der Waals surface area contributed by atoms with Crippen LogP contribution in [0.2, 0.25) is 0 Å². The van der Waals surface area contributed by atoms with Gasteiger partial charge in [-0.1, -0.05) is 78.9 Å². The first-order valence-corrected chi connectivity index (χ1v) is 16.4. The van der Waals surface area contributed by atoms with E-state index < -0.39 is 34.6 Å². The number of rotatable bonds is 8. The lowest BCUT2D eigenvalue weighted by Gasteiger charge is -2.36. The first-order chi connectivity index (χ1) is 21.9. The van der Waals surface area contributed by atoms with Gasteiger partial charge in [0.2, 0.25) is 17.1 Å². The van der Waals surface area contributed by atoms with Gasteiger partial charge in [-0.25, -0.2) is 0 Å². The Kier molecular flexibility index (Phi) is 9.92. The number of carbonyl (C=O) groups is 2. The van der Waals surface area contributed by atoms with Crippen LogP contribution >= 0.6 is 22.6 Å². The highest BCUT2D eigenvalue weighted by atomic mass is 127. The molecule has 11 heteroatoms. The van der Waals surface area contributed by atoms with Crippen molar-refractivity contribution >= 4 is 45.4 Å². The minimum atomic E-state index is -0.805. The van der Waals surface area contributed by atoms with Crippen molar-refractivity contribution in [1.82, 2.24) is 15.1 Å². The number of benzene rings is 3. The normalized spacial score (nSPS) is 15.2. The number of halogens is 1. The molecule has 46 heavy (non-hydrogen) atoms. The minimum Gasteiger partial charge on any atom is -0.504 e. The third-order valence-electron chi connectivity index (χ3n) is 8.36. The SMILES string of the molecule is Cc1oc2c(CC(C)C)c(O)c(O)c(O)c2c(=O)c1-c1ccc(C(=O)NC(C(=O)N2CCN(C)CC2)C(I)c2ccccc2)cc1. The number of nitrogens with zero attached hydrogens (tertiary/aromatic N) is 2. The number of hydrogen-bond acceptors (Lipinski definition) is 8. The lowest BCUT2D eigenvalue weighted by Crippen LogP contribution is -2.55. The monoisotopic (exact) mass is 739 g/mol. The molecule has 1 saturated heterocycles. The molecule has 2 amide bonds. The zero-order valence-corrected chi connectivity index (χ0v) is 28.4. The van der Waals surface area contributed by atoms with Crippen LogP contribution in [0.4, 0.5) is 0 Å². The molecule has 0 saturated carbocycles. The van der Waals surface area contributed by atoms with Gasteiger partial charge in [0.05, 0.1) is 9.49 Å². The van der Waals surface area contributed by atoms with Crippen LogP contribution in [0.1, 0.15) is 45.0 Å². The molecule has 1 fully saturated rings. The van der Waals surface area contributed by atoms with Gasteiger partial charge in [-0.05, 0) is 49.6 Å². The molecule has 4 aromatic rings. The van der Waals surface area contributed by atoms with Gasteiger partial charge < -0.3 is 34.9 Å². The van der Waals surface area contributed by atoms with Gasteiger partial charge in [0.15, 0.2) is 11.5 Å². The second-order valence-electron chi connectivity index (χ2n) is 12.2. The van der Waals surface area contributed by atoms with Crippen molar-refractivity contribution in [2.24, 2.45) is 5.92 Å². The van der Waals surface area contributed by atoms with Gasteiger partial charge in [0.1, 0.15) is 22.8 Å². The number of alkyl halides is 1. The van der Waals surface area contributed by atoms with Crippen LogP contribution in [0.15, 0.2) is 63.8 Å². The predicted octanol–water partition coefficient (Wildman–Crippen LogP) is 5.13. The highest BCUT2D eigenvalue weighted by Gasteiger charge is 2.34. The molecule has 3 aromatic carbocycles. The summed E-state index contributed by atoms with van der Waals surface area (Å²) in [5, 5.41) is 34.3. The van der Waals surface area contributed by atoms with E-state index in [-0.39, 0.29) is 43.6 Å². The van der Waals surface area contributed by atoms with Gasteiger partial charge in [0, 0.05) is 37.3 Å². The second-order valence-corrected chi connectivity index (χ2v) is 13.5. The van der Waals surface area contributed by atoms with E-state index >= 15 is 0 Å². The predicted molar refractivity (Wildman–Crippen MR) is 185 cm³/mol. The van der Waals surface area contributed by atoms with Crippen LogP contribution in [0.3, 0.4) is 0 Å². The summed E-state index contributed by atoms with van der Waals surface area (Å²) in [5.41, 5.74) is 1.48. The summed E-state index contributed by atoms with van der Waals surface area (Å²) in [7, 11) is 2.01. The Balaban J connectivity index is 1.46. The second kappa shape index (κ2) is 13.7.